The summed E-state index contributed by atoms with van der Waals surface area (Å²) in [5, 5.41) is 6.19. The van der Waals surface area contributed by atoms with Gasteiger partial charge in [0.1, 0.15) is 5.38 Å². The summed E-state index contributed by atoms with van der Waals surface area (Å²) >= 11 is 11.5. The maximum atomic E-state index is 11.8. The zero-order valence-corrected chi connectivity index (χ0v) is 13.6. The first kappa shape index (κ1) is 16.8. The van der Waals surface area contributed by atoms with Gasteiger partial charge >= 0.3 is 0 Å². The van der Waals surface area contributed by atoms with Crippen LogP contribution in [0, 0.1) is 5.92 Å². The van der Waals surface area contributed by atoms with E-state index in [-0.39, 0.29) is 17.7 Å². The molecule has 0 aromatic heterocycles. The number of amides is 2. The van der Waals surface area contributed by atoms with Gasteiger partial charge in [-0.3, -0.25) is 9.59 Å². The average molecular weight is 342 g/mol. The number of rotatable bonds is 5. The van der Waals surface area contributed by atoms with E-state index in [4.69, 9.17) is 23.2 Å². The Morgan fingerprint density at radius 2 is 2.14 bits per heavy atom. The van der Waals surface area contributed by atoms with E-state index in [0.29, 0.717) is 24.4 Å². The van der Waals surface area contributed by atoms with Crippen molar-refractivity contribution in [1.29, 1.82) is 0 Å². The van der Waals surface area contributed by atoms with Gasteiger partial charge in [0.25, 0.3) is 0 Å². The van der Waals surface area contributed by atoms with Crippen LogP contribution in [-0.2, 0) is 9.59 Å². The molecule has 0 saturated carbocycles. The van der Waals surface area contributed by atoms with Crippen molar-refractivity contribution < 1.29 is 9.59 Å². The molecular weight excluding hydrogens is 325 g/mol. The molecule has 1 aliphatic heterocycles. The number of anilines is 1. The SMILES string of the molecule is CC1CC(=O)NN=C1c1ccc(NC(=O)C(Cl)CCCl)cc1. The van der Waals surface area contributed by atoms with Crippen molar-refractivity contribution >= 4 is 46.4 Å². The number of carbonyl (C=O) groups excluding carboxylic acids is 2. The number of nitrogens with one attached hydrogen (secondary N) is 2. The smallest absolute Gasteiger partial charge is 0.242 e. The first-order valence-electron chi connectivity index (χ1n) is 6.99. The summed E-state index contributed by atoms with van der Waals surface area (Å²) < 4.78 is 0. The Labute approximate surface area is 139 Å². The van der Waals surface area contributed by atoms with E-state index in [9.17, 15) is 9.59 Å². The van der Waals surface area contributed by atoms with Crippen LogP contribution in [0.4, 0.5) is 5.69 Å². The van der Waals surface area contributed by atoms with Crippen LogP contribution in [0.3, 0.4) is 0 Å². The van der Waals surface area contributed by atoms with Crippen molar-refractivity contribution in [3.05, 3.63) is 29.8 Å². The molecule has 2 amide bonds. The molecule has 1 aromatic rings. The second-order valence-corrected chi connectivity index (χ2v) is 6.05. The lowest BCUT2D eigenvalue weighted by Crippen LogP contribution is -2.31. The fourth-order valence-corrected chi connectivity index (χ4v) is 2.67. The van der Waals surface area contributed by atoms with Crippen molar-refractivity contribution in [1.82, 2.24) is 5.43 Å². The van der Waals surface area contributed by atoms with E-state index in [1.165, 1.54) is 0 Å². The number of benzene rings is 1. The van der Waals surface area contributed by atoms with Crippen LogP contribution in [0.15, 0.2) is 29.4 Å². The molecule has 118 valence electrons. The quantitative estimate of drug-likeness (QED) is 0.808. The molecule has 0 spiro atoms. The standard InChI is InChI=1S/C15H17Cl2N3O2/c1-9-8-13(21)19-20-14(9)10-2-4-11(5-3-10)18-15(22)12(17)6-7-16/h2-5,9,12H,6-8H2,1H3,(H,18,22)(H,19,21). The predicted molar refractivity (Wildman–Crippen MR) is 88.5 cm³/mol. The van der Waals surface area contributed by atoms with Gasteiger partial charge in [-0.15, -0.1) is 23.2 Å². The lowest BCUT2D eigenvalue weighted by Gasteiger charge is -2.19. The summed E-state index contributed by atoms with van der Waals surface area (Å²) in [5.74, 6) is 0.0488. The Morgan fingerprint density at radius 1 is 1.45 bits per heavy atom. The second-order valence-electron chi connectivity index (χ2n) is 5.15. The van der Waals surface area contributed by atoms with Gasteiger partial charge in [-0.2, -0.15) is 5.10 Å². The van der Waals surface area contributed by atoms with Crippen molar-refractivity contribution in [3.8, 4) is 0 Å². The van der Waals surface area contributed by atoms with Gasteiger partial charge < -0.3 is 5.32 Å². The number of hydrogen-bond acceptors (Lipinski definition) is 3. The second kappa shape index (κ2) is 7.61. The third-order valence-electron chi connectivity index (χ3n) is 3.35. The number of hydrogen-bond donors (Lipinski definition) is 2. The molecule has 0 aliphatic carbocycles. The fourth-order valence-electron chi connectivity index (χ4n) is 2.17. The Kier molecular flexibility index (Phi) is 5.80. The minimum Gasteiger partial charge on any atom is -0.325 e. The third-order valence-corrected chi connectivity index (χ3v) is 3.99. The zero-order chi connectivity index (χ0) is 16.1. The van der Waals surface area contributed by atoms with Crippen molar-refractivity contribution in [2.75, 3.05) is 11.2 Å². The van der Waals surface area contributed by atoms with Gasteiger partial charge in [0.2, 0.25) is 11.8 Å². The molecule has 0 bridgehead atoms. The van der Waals surface area contributed by atoms with Gasteiger partial charge in [0, 0.05) is 23.9 Å². The van der Waals surface area contributed by atoms with Gasteiger partial charge in [0.15, 0.2) is 0 Å². The van der Waals surface area contributed by atoms with Crippen LogP contribution in [0.1, 0.15) is 25.3 Å². The molecule has 0 fully saturated rings. The lowest BCUT2D eigenvalue weighted by atomic mass is 9.94. The molecule has 2 N–H and O–H groups in total. The Hall–Kier alpha value is -1.59. The van der Waals surface area contributed by atoms with E-state index >= 15 is 0 Å². The van der Waals surface area contributed by atoms with E-state index < -0.39 is 5.38 Å². The maximum absolute atomic E-state index is 11.8. The molecule has 0 radical (unpaired) electrons. The normalized spacial score (nSPS) is 19.1. The minimum absolute atomic E-state index is 0.0603. The average Bonchev–Trinajstić information content (AvgIpc) is 2.48. The zero-order valence-electron chi connectivity index (χ0n) is 12.1. The Morgan fingerprint density at radius 3 is 2.73 bits per heavy atom. The van der Waals surface area contributed by atoms with E-state index in [1.807, 2.05) is 19.1 Å². The molecule has 2 atom stereocenters. The summed E-state index contributed by atoms with van der Waals surface area (Å²) in [4.78, 5) is 23.1. The summed E-state index contributed by atoms with van der Waals surface area (Å²) in [5.41, 5.74) is 4.88. The van der Waals surface area contributed by atoms with E-state index in [2.05, 4.69) is 15.8 Å². The van der Waals surface area contributed by atoms with Crippen LogP contribution in [0.5, 0.6) is 0 Å². The highest BCUT2D eigenvalue weighted by atomic mass is 35.5. The number of hydrazone groups is 1. The molecule has 5 nitrogen and oxygen atoms in total. The fraction of sp³-hybridized carbons (Fsp3) is 0.400. The number of nitrogens with zero attached hydrogens (tertiary/aromatic N) is 1. The van der Waals surface area contributed by atoms with E-state index in [0.717, 1.165) is 11.3 Å². The molecule has 1 aromatic carbocycles. The highest BCUT2D eigenvalue weighted by molar-refractivity contribution is 6.33. The van der Waals surface area contributed by atoms with Gasteiger partial charge in [0.05, 0.1) is 5.71 Å². The largest absolute Gasteiger partial charge is 0.325 e. The number of halogens is 2. The molecule has 1 aliphatic rings. The molecule has 1 heterocycles. The van der Waals surface area contributed by atoms with Crippen LogP contribution in [0.25, 0.3) is 0 Å². The van der Waals surface area contributed by atoms with Crippen LogP contribution in [0.2, 0.25) is 0 Å². The summed E-state index contributed by atoms with van der Waals surface area (Å²) in [7, 11) is 0. The minimum atomic E-state index is -0.643. The summed E-state index contributed by atoms with van der Waals surface area (Å²) in [6.45, 7) is 1.96. The molecular formula is C15H17Cl2N3O2. The van der Waals surface area contributed by atoms with E-state index in [1.54, 1.807) is 12.1 Å². The molecule has 0 saturated heterocycles. The summed E-state index contributed by atoms with van der Waals surface area (Å²) in [6, 6.07) is 7.27. The lowest BCUT2D eigenvalue weighted by molar-refractivity contribution is -0.122. The van der Waals surface area contributed by atoms with Crippen LogP contribution in [-0.4, -0.2) is 28.8 Å². The van der Waals surface area contributed by atoms with Gasteiger partial charge in [-0.1, -0.05) is 19.1 Å². The molecule has 7 heteroatoms. The van der Waals surface area contributed by atoms with Crippen molar-refractivity contribution in [3.63, 3.8) is 0 Å². The first-order valence-corrected chi connectivity index (χ1v) is 7.96. The topological polar surface area (TPSA) is 70.6 Å². The van der Waals surface area contributed by atoms with Gasteiger partial charge in [-0.25, -0.2) is 5.43 Å². The Balaban J connectivity index is 2.04. The third kappa shape index (κ3) is 4.21. The van der Waals surface area contributed by atoms with Gasteiger partial charge in [-0.05, 0) is 24.1 Å². The van der Waals surface area contributed by atoms with Crippen molar-refractivity contribution in [2.24, 2.45) is 11.0 Å². The molecule has 22 heavy (non-hydrogen) atoms. The maximum Gasteiger partial charge on any atom is 0.242 e. The number of alkyl halides is 2. The van der Waals surface area contributed by atoms with Crippen LogP contribution >= 0.6 is 23.2 Å². The molecule has 2 unspecified atom stereocenters. The monoisotopic (exact) mass is 341 g/mol. The Bertz CT molecular complexity index is 587. The highest BCUT2D eigenvalue weighted by Gasteiger charge is 2.21. The summed E-state index contributed by atoms with van der Waals surface area (Å²) in [6.07, 6.45) is 0.838. The number of carbonyl (C=O) groups is 2. The first-order chi connectivity index (χ1) is 10.5. The van der Waals surface area contributed by atoms with Crippen LogP contribution < -0.4 is 10.7 Å². The molecule has 2 rings (SSSR count). The van der Waals surface area contributed by atoms with Crippen molar-refractivity contribution in [2.45, 2.75) is 25.1 Å². The highest BCUT2D eigenvalue weighted by Crippen LogP contribution is 2.19. The predicted octanol–water partition coefficient (Wildman–Crippen LogP) is 2.72.